The minimum absolute atomic E-state index is 0.0132. The molecule has 1 aliphatic carbocycles. The fourth-order valence-electron chi connectivity index (χ4n) is 2.50. The van der Waals surface area contributed by atoms with Crippen molar-refractivity contribution in [2.75, 3.05) is 13.7 Å². The largest absolute Gasteiger partial charge is 0.379 e. The van der Waals surface area contributed by atoms with Crippen molar-refractivity contribution in [2.45, 2.75) is 70.9 Å². The summed E-state index contributed by atoms with van der Waals surface area (Å²) in [4.78, 5) is 0. The summed E-state index contributed by atoms with van der Waals surface area (Å²) < 4.78 is 5.42. The highest BCUT2D eigenvalue weighted by Gasteiger charge is 2.21. The summed E-state index contributed by atoms with van der Waals surface area (Å²) in [5, 5.41) is 3.66. The van der Waals surface area contributed by atoms with Crippen molar-refractivity contribution < 1.29 is 4.74 Å². The van der Waals surface area contributed by atoms with Gasteiger partial charge in [0.2, 0.25) is 0 Å². The van der Waals surface area contributed by atoms with Gasteiger partial charge in [0.25, 0.3) is 0 Å². The summed E-state index contributed by atoms with van der Waals surface area (Å²) >= 11 is 0. The van der Waals surface area contributed by atoms with Gasteiger partial charge < -0.3 is 10.1 Å². The van der Waals surface area contributed by atoms with Gasteiger partial charge in [-0.25, -0.2) is 0 Å². The maximum absolute atomic E-state index is 5.42. The lowest BCUT2D eigenvalue weighted by Gasteiger charge is -2.30. The Morgan fingerprint density at radius 3 is 2.44 bits per heavy atom. The molecule has 2 heteroatoms. The summed E-state index contributed by atoms with van der Waals surface area (Å²) in [6.45, 7) is 7.72. The van der Waals surface area contributed by atoms with Gasteiger partial charge in [-0.2, -0.15) is 0 Å². The van der Waals surface area contributed by atoms with Crippen molar-refractivity contribution in [3.8, 4) is 0 Å². The molecule has 0 amide bonds. The number of ether oxygens (including phenoxy) is 1. The van der Waals surface area contributed by atoms with Crippen LogP contribution in [-0.4, -0.2) is 25.3 Å². The van der Waals surface area contributed by atoms with E-state index in [2.05, 4.69) is 26.1 Å². The Labute approximate surface area is 101 Å². The molecule has 0 aliphatic heterocycles. The molecule has 0 aromatic rings. The first-order valence-electron chi connectivity index (χ1n) is 6.84. The Balaban J connectivity index is 2.16. The first-order chi connectivity index (χ1) is 7.55. The van der Waals surface area contributed by atoms with Crippen molar-refractivity contribution in [2.24, 2.45) is 5.92 Å². The molecule has 1 N–H and O–H groups in total. The van der Waals surface area contributed by atoms with Gasteiger partial charge in [-0.15, -0.1) is 0 Å². The summed E-state index contributed by atoms with van der Waals surface area (Å²) in [5.41, 5.74) is 0.0132. The van der Waals surface area contributed by atoms with Gasteiger partial charge in [0.15, 0.2) is 0 Å². The maximum Gasteiger partial charge on any atom is 0.0634 e. The lowest BCUT2D eigenvalue weighted by atomic mass is 9.84. The Bertz CT molecular complexity index is 185. The number of hydrogen-bond donors (Lipinski definition) is 1. The van der Waals surface area contributed by atoms with Crippen LogP contribution >= 0.6 is 0 Å². The first-order valence-corrected chi connectivity index (χ1v) is 6.84. The normalized spacial score (nSPS) is 21.0. The number of methoxy groups -OCH3 is 1. The second kappa shape index (κ2) is 6.61. The van der Waals surface area contributed by atoms with E-state index in [4.69, 9.17) is 4.74 Å². The van der Waals surface area contributed by atoms with Crippen molar-refractivity contribution >= 4 is 0 Å². The molecule has 1 saturated carbocycles. The zero-order chi connectivity index (χ0) is 12.0. The monoisotopic (exact) mass is 227 g/mol. The number of hydrogen-bond acceptors (Lipinski definition) is 2. The lowest BCUT2D eigenvalue weighted by molar-refractivity contribution is 0.0149. The Morgan fingerprint density at radius 2 is 1.88 bits per heavy atom. The molecule has 1 aliphatic rings. The van der Waals surface area contributed by atoms with E-state index in [1.54, 1.807) is 7.11 Å². The molecule has 0 aromatic carbocycles. The van der Waals surface area contributed by atoms with Crippen LogP contribution in [0.5, 0.6) is 0 Å². The molecule has 1 atom stereocenters. The van der Waals surface area contributed by atoms with Crippen LogP contribution in [0, 0.1) is 5.92 Å². The van der Waals surface area contributed by atoms with Crippen molar-refractivity contribution in [1.29, 1.82) is 0 Å². The average Bonchev–Trinajstić information content (AvgIpc) is 2.30. The second-order valence-corrected chi connectivity index (χ2v) is 5.85. The SMILES string of the molecule is COC(C)(C)CCNC(C)C1CCCCC1. The van der Waals surface area contributed by atoms with Gasteiger partial charge in [-0.05, 0) is 52.5 Å². The van der Waals surface area contributed by atoms with Crippen LogP contribution < -0.4 is 5.32 Å². The van der Waals surface area contributed by atoms with Gasteiger partial charge in [0.1, 0.15) is 0 Å². The third-order valence-corrected chi connectivity index (χ3v) is 4.10. The second-order valence-electron chi connectivity index (χ2n) is 5.85. The number of rotatable bonds is 6. The van der Waals surface area contributed by atoms with Crippen LogP contribution in [0.3, 0.4) is 0 Å². The van der Waals surface area contributed by atoms with Crippen molar-refractivity contribution in [3.63, 3.8) is 0 Å². The van der Waals surface area contributed by atoms with E-state index < -0.39 is 0 Å². The number of nitrogens with one attached hydrogen (secondary N) is 1. The maximum atomic E-state index is 5.42. The zero-order valence-corrected chi connectivity index (χ0v) is 11.5. The minimum Gasteiger partial charge on any atom is -0.379 e. The summed E-state index contributed by atoms with van der Waals surface area (Å²) in [7, 11) is 1.80. The summed E-state index contributed by atoms with van der Waals surface area (Å²) in [5.74, 6) is 0.902. The molecule has 0 heterocycles. The van der Waals surface area contributed by atoms with Crippen LogP contribution in [0.1, 0.15) is 59.3 Å². The molecule has 1 rings (SSSR count). The summed E-state index contributed by atoms with van der Waals surface area (Å²) in [6.07, 6.45) is 8.23. The van der Waals surface area contributed by atoms with E-state index in [1.807, 2.05) is 0 Å². The van der Waals surface area contributed by atoms with Gasteiger partial charge in [0.05, 0.1) is 5.60 Å². The van der Waals surface area contributed by atoms with Crippen LogP contribution in [-0.2, 0) is 4.74 Å². The van der Waals surface area contributed by atoms with E-state index in [1.165, 1.54) is 32.1 Å². The lowest BCUT2D eigenvalue weighted by Crippen LogP contribution is -2.38. The molecule has 0 spiro atoms. The highest BCUT2D eigenvalue weighted by molar-refractivity contribution is 4.77. The fourth-order valence-corrected chi connectivity index (χ4v) is 2.50. The third kappa shape index (κ3) is 4.84. The molecule has 0 aromatic heterocycles. The predicted octanol–water partition coefficient (Wildman–Crippen LogP) is 3.36. The highest BCUT2D eigenvalue weighted by Crippen LogP contribution is 2.26. The Hall–Kier alpha value is -0.0800. The zero-order valence-electron chi connectivity index (χ0n) is 11.5. The van der Waals surface area contributed by atoms with Crippen LogP contribution in [0.15, 0.2) is 0 Å². The quantitative estimate of drug-likeness (QED) is 0.751. The molecule has 0 radical (unpaired) electrons. The highest BCUT2D eigenvalue weighted by atomic mass is 16.5. The average molecular weight is 227 g/mol. The van der Waals surface area contributed by atoms with Crippen LogP contribution in [0.25, 0.3) is 0 Å². The van der Waals surface area contributed by atoms with E-state index >= 15 is 0 Å². The van der Waals surface area contributed by atoms with Gasteiger partial charge in [-0.1, -0.05) is 19.3 Å². The Morgan fingerprint density at radius 1 is 1.25 bits per heavy atom. The molecule has 16 heavy (non-hydrogen) atoms. The fraction of sp³-hybridized carbons (Fsp3) is 1.00. The third-order valence-electron chi connectivity index (χ3n) is 4.10. The molecule has 0 bridgehead atoms. The van der Waals surface area contributed by atoms with Crippen LogP contribution in [0.2, 0.25) is 0 Å². The van der Waals surface area contributed by atoms with E-state index in [-0.39, 0.29) is 5.60 Å². The molecule has 2 nitrogen and oxygen atoms in total. The van der Waals surface area contributed by atoms with Gasteiger partial charge in [0, 0.05) is 13.2 Å². The molecule has 96 valence electrons. The standard InChI is InChI=1S/C14H29NO/c1-12(13-8-6-5-7-9-13)15-11-10-14(2,3)16-4/h12-13,15H,5-11H2,1-4H3. The van der Waals surface area contributed by atoms with Crippen molar-refractivity contribution in [1.82, 2.24) is 5.32 Å². The van der Waals surface area contributed by atoms with Crippen molar-refractivity contribution in [3.05, 3.63) is 0 Å². The van der Waals surface area contributed by atoms with Gasteiger partial charge >= 0.3 is 0 Å². The van der Waals surface area contributed by atoms with Crippen LogP contribution in [0.4, 0.5) is 0 Å². The molecule has 1 unspecified atom stereocenters. The molecule has 1 fully saturated rings. The molecule has 0 saturated heterocycles. The first kappa shape index (κ1) is 14.0. The summed E-state index contributed by atoms with van der Waals surface area (Å²) in [6, 6.07) is 0.674. The van der Waals surface area contributed by atoms with E-state index in [9.17, 15) is 0 Å². The molecular formula is C14H29NO. The predicted molar refractivity (Wildman–Crippen MR) is 69.7 cm³/mol. The Kier molecular flexibility index (Phi) is 5.77. The van der Waals surface area contributed by atoms with E-state index in [0.29, 0.717) is 6.04 Å². The smallest absolute Gasteiger partial charge is 0.0634 e. The topological polar surface area (TPSA) is 21.3 Å². The minimum atomic E-state index is 0.0132. The van der Waals surface area contributed by atoms with Gasteiger partial charge in [-0.3, -0.25) is 0 Å². The molecular weight excluding hydrogens is 198 g/mol. The van der Waals surface area contributed by atoms with E-state index in [0.717, 1.165) is 18.9 Å².